The predicted octanol–water partition coefficient (Wildman–Crippen LogP) is 3.49. The zero-order chi connectivity index (χ0) is 12.0. The van der Waals surface area contributed by atoms with Crippen LogP contribution in [0.5, 0.6) is 0 Å². The van der Waals surface area contributed by atoms with Gasteiger partial charge < -0.3 is 10.5 Å². The molecule has 0 amide bonds. The van der Waals surface area contributed by atoms with Crippen LogP contribution in [0.3, 0.4) is 0 Å². The van der Waals surface area contributed by atoms with Crippen LogP contribution in [0.15, 0.2) is 0 Å². The van der Waals surface area contributed by atoms with Crippen LogP contribution >= 0.6 is 0 Å². The van der Waals surface area contributed by atoms with Crippen LogP contribution in [0.1, 0.15) is 65.7 Å². The second kappa shape index (κ2) is 6.61. The standard InChI is InChI=1S/C14H29NO/c1-4-16-14(10-6-5-7-11-14)13(15)9-8-12(2)3/h12-13H,4-11,15H2,1-3H3. The molecule has 0 aromatic heterocycles. The van der Waals surface area contributed by atoms with Gasteiger partial charge in [-0.05, 0) is 38.5 Å². The minimum atomic E-state index is 0.00188. The molecule has 0 aromatic rings. The van der Waals surface area contributed by atoms with Crippen LogP contribution in [0.4, 0.5) is 0 Å². The zero-order valence-corrected chi connectivity index (χ0v) is 11.3. The highest BCUT2D eigenvalue weighted by molar-refractivity contribution is 4.93. The first-order valence-corrected chi connectivity index (χ1v) is 7.00. The third-order valence-corrected chi connectivity index (χ3v) is 3.86. The van der Waals surface area contributed by atoms with Gasteiger partial charge in [0, 0.05) is 12.6 Å². The summed E-state index contributed by atoms with van der Waals surface area (Å²) in [6, 6.07) is 0.232. The largest absolute Gasteiger partial charge is 0.374 e. The van der Waals surface area contributed by atoms with E-state index in [0.717, 1.165) is 18.9 Å². The normalized spacial score (nSPS) is 22.3. The highest BCUT2D eigenvalue weighted by atomic mass is 16.5. The van der Waals surface area contributed by atoms with Gasteiger partial charge in [-0.15, -0.1) is 0 Å². The molecule has 0 aliphatic heterocycles. The van der Waals surface area contributed by atoms with Crippen molar-refractivity contribution in [1.82, 2.24) is 0 Å². The molecule has 1 aliphatic carbocycles. The monoisotopic (exact) mass is 227 g/mol. The number of rotatable bonds is 6. The van der Waals surface area contributed by atoms with Crippen molar-refractivity contribution in [3.05, 3.63) is 0 Å². The summed E-state index contributed by atoms with van der Waals surface area (Å²) in [5.41, 5.74) is 6.39. The molecule has 1 rings (SSSR count). The fourth-order valence-corrected chi connectivity index (χ4v) is 2.84. The van der Waals surface area contributed by atoms with Gasteiger partial charge in [0.1, 0.15) is 0 Å². The highest BCUT2D eigenvalue weighted by Crippen LogP contribution is 2.35. The second-order valence-corrected chi connectivity index (χ2v) is 5.64. The quantitative estimate of drug-likeness (QED) is 0.754. The molecule has 2 N–H and O–H groups in total. The van der Waals surface area contributed by atoms with Crippen molar-refractivity contribution in [2.24, 2.45) is 11.7 Å². The van der Waals surface area contributed by atoms with Crippen molar-refractivity contribution in [2.75, 3.05) is 6.61 Å². The fraction of sp³-hybridized carbons (Fsp3) is 1.00. The number of nitrogens with two attached hydrogens (primary N) is 1. The lowest BCUT2D eigenvalue weighted by atomic mass is 9.77. The number of ether oxygens (including phenoxy) is 1. The lowest BCUT2D eigenvalue weighted by molar-refractivity contribution is -0.0840. The summed E-state index contributed by atoms with van der Waals surface area (Å²) in [7, 11) is 0. The van der Waals surface area contributed by atoms with E-state index in [1.165, 1.54) is 38.5 Å². The van der Waals surface area contributed by atoms with Crippen molar-refractivity contribution in [3.63, 3.8) is 0 Å². The molecule has 2 nitrogen and oxygen atoms in total. The Morgan fingerprint density at radius 3 is 2.25 bits per heavy atom. The maximum atomic E-state index is 6.39. The molecule has 1 saturated carbocycles. The Hall–Kier alpha value is -0.0800. The molecule has 0 aromatic carbocycles. The van der Waals surface area contributed by atoms with Gasteiger partial charge in [0.2, 0.25) is 0 Å². The Bertz CT molecular complexity index is 180. The third-order valence-electron chi connectivity index (χ3n) is 3.86. The van der Waals surface area contributed by atoms with Crippen molar-refractivity contribution in [1.29, 1.82) is 0 Å². The first-order chi connectivity index (χ1) is 7.60. The van der Waals surface area contributed by atoms with E-state index in [-0.39, 0.29) is 11.6 Å². The van der Waals surface area contributed by atoms with E-state index in [1.54, 1.807) is 0 Å². The Kier molecular flexibility index (Phi) is 5.77. The van der Waals surface area contributed by atoms with E-state index in [4.69, 9.17) is 10.5 Å². The SMILES string of the molecule is CCOC1(C(N)CCC(C)C)CCCCC1. The molecule has 1 aliphatic rings. The van der Waals surface area contributed by atoms with Gasteiger partial charge in [0.05, 0.1) is 5.60 Å². The number of hydrogen-bond donors (Lipinski definition) is 1. The van der Waals surface area contributed by atoms with Gasteiger partial charge in [-0.2, -0.15) is 0 Å². The Morgan fingerprint density at radius 1 is 1.12 bits per heavy atom. The molecule has 1 fully saturated rings. The lowest BCUT2D eigenvalue weighted by Crippen LogP contribution is -2.51. The summed E-state index contributed by atoms with van der Waals surface area (Å²) in [6.07, 6.45) is 8.59. The number of hydrogen-bond acceptors (Lipinski definition) is 2. The second-order valence-electron chi connectivity index (χ2n) is 5.64. The van der Waals surface area contributed by atoms with E-state index in [0.29, 0.717) is 0 Å². The van der Waals surface area contributed by atoms with Gasteiger partial charge in [-0.3, -0.25) is 0 Å². The van der Waals surface area contributed by atoms with E-state index in [2.05, 4.69) is 20.8 Å². The van der Waals surface area contributed by atoms with Gasteiger partial charge in [0.25, 0.3) is 0 Å². The Morgan fingerprint density at radius 2 is 1.75 bits per heavy atom. The lowest BCUT2D eigenvalue weighted by Gasteiger charge is -2.42. The molecule has 0 heterocycles. The first-order valence-electron chi connectivity index (χ1n) is 7.00. The first kappa shape index (κ1) is 14.0. The Labute approximate surface area is 101 Å². The zero-order valence-electron chi connectivity index (χ0n) is 11.3. The molecule has 16 heavy (non-hydrogen) atoms. The molecular weight excluding hydrogens is 198 g/mol. The van der Waals surface area contributed by atoms with E-state index in [1.807, 2.05) is 0 Å². The summed E-state index contributed by atoms with van der Waals surface area (Å²) in [5, 5.41) is 0. The van der Waals surface area contributed by atoms with Gasteiger partial charge >= 0.3 is 0 Å². The maximum absolute atomic E-state index is 6.39. The minimum absolute atomic E-state index is 0.00188. The van der Waals surface area contributed by atoms with Crippen molar-refractivity contribution in [3.8, 4) is 0 Å². The third kappa shape index (κ3) is 3.74. The van der Waals surface area contributed by atoms with Crippen LogP contribution in [-0.4, -0.2) is 18.2 Å². The average Bonchev–Trinajstić information content (AvgIpc) is 2.27. The Balaban J connectivity index is 2.53. The summed E-state index contributed by atoms with van der Waals surface area (Å²) in [5.74, 6) is 0.744. The van der Waals surface area contributed by atoms with E-state index >= 15 is 0 Å². The van der Waals surface area contributed by atoms with Gasteiger partial charge in [-0.1, -0.05) is 33.1 Å². The van der Waals surface area contributed by atoms with Crippen LogP contribution in [0.25, 0.3) is 0 Å². The minimum Gasteiger partial charge on any atom is -0.374 e. The fourth-order valence-electron chi connectivity index (χ4n) is 2.84. The summed E-state index contributed by atoms with van der Waals surface area (Å²) < 4.78 is 6.04. The smallest absolute Gasteiger partial charge is 0.0832 e. The molecule has 1 unspecified atom stereocenters. The molecule has 0 spiro atoms. The topological polar surface area (TPSA) is 35.2 Å². The van der Waals surface area contributed by atoms with Crippen LogP contribution in [0, 0.1) is 5.92 Å². The van der Waals surface area contributed by atoms with Crippen molar-refractivity contribution < 1.29 is 4.74 Å². The molecule has 0 bridgehead atoms. The predicted molar refractivity (Wildman–Crippen MR) is 69.5 cm³/mol. The van der Waals surface area contributed by atoms with Crippen LogP contribution in [-0.2, 0) is 4.74 Å². The van der Waals surface area contributed by atoms with Crippen LogP contribution < -0.4 is 5.73 Å². The van der Waals surface area contributed by atoms with Gasteiger partial charge in [0.15, 0.2) is 0 Å². The molecule has 0 radical (unpaired) electrons. The average molecular weight is 227 g/mol. The molecule has 1 atom stereocenters. The summed E-state index contributed by atoms with van der Waals surface area (Å²) >= 11 is 0. The van der Waals surface area contributed by atoms with Crippen molar-refractivity contribution in [2.45, 2.75) is 77.4 Å². The molecule has 0 saturated heterocycles. The van der Waals surface area contributed by atoms with Gasteiger partial charge in [-0.25, -0.2) is 0 Å². The van der Waals surface area contributed by atoms with E-state index in [9.17, 15) is 0 Å². The molecular formula is C14H29NO. The summed E-state index contributed by atoms with van der Waals surface area (Å²) in [4.78, 5) is 0. The van der Waals surface area contributed by atoms with Crippen molar-refractivity contribution >= 4 is 0 Å². The molecule has 96 valence electrons. The molecule has 2 heteroatoms. The van der Waals surface area contributed by atoms with E-state index < -0.39 is 0 Å². The summed E-state index contributed by atoms with van der Waals surface area (Å²) in [6.45, 7) is 7.42. The highest BCUT2D eigenvalue weighted by Gasteiger charge is 2.38. The van der Waals surface area contributed by atoms with Crippen LogP contribution in [0.2, 0.25) is 0 Å². The maximum Gasteiger partial charge on any atom is 0.0832 e.